The maximum atomic E-state index is 11.8. The fraction of sp³-hybridized carbons (Fsp3) is 0.600. The Labute approximate surface area is 116 Å². The highest BCUT2D eigenvalue weighted by atomic mass is 32.2. The molecular formula is C15H23NO2S. The van der Waals surface area contributed by atoms with Crippen LogP contribution in [0, 0.1) is 0 Å². The molecule has 1 fully saturated rings. The molecule has 0 heterocycles. The molecule has 0 amide bonds. The van der Waals surface area contributed by atoms with Crippen molar-refractivity contribution in [1.82, 2.24) is 0 Å². The summed E-state index contributed by atoms with van der Waals surface area (Å²) in [6, 6.07) is 8.29. The van der Waals surface area contributed by atoms with Gasteiger partial charge in [-0.2, -0.15) is 0 Å². The first-order valence-electron chi connectivity index (χ1n) is 7.05. The SMILES string of the molecule is CCCc1ccccc1NC1CCCC1S(C)(=O)=O. The summed E-state index contributed by atoms with van der Waals surface area (Å²) < 4.78 is 23.6. The van der Waals surface area contributed by atoms with Crippen molar-refractivity contribution in [3.63, 3.8) is 0 Å². The topological polar surface area (TPSA) is 46.2 Å². The summed E-state index contributed by atoms with van der Waals surface area (Å²) in [7, 11) is -2.96. The summed E-state index contributed by atoms with van der Waals surface area (Å²) >= 11 is 0. The van der Waals surface area contributed by atoms with Crippen molar-refractivity contribution in [2.45, 2.75) is 50.3 Å². The van der Waals surface area contributed by atoms with Crippen LogP contribution < -0.4 is 5.32 Å². The standard InChI is InChI=1S/C15H23NO2S/c1-3-7-12-8-4-5-9-13(12)16-14-10-6-11-15(14)19(2,17)18/h4-5,8-9,14-16H,3,6-7,10-11H2,1-2H3. The van der Waals surface area contributed by atoms with Crippen LogP contribution in [0.5, 0.6) is 0 Å². The first kappa shape index (κ1) is 14.4. The van der Waals surface area contributed by atoms with Gasteiger partial charge >= 0.3 is 0 Å². The summed E-state index contributed by atoms with van der Waals surface area (Å²) in [6.45, 7) is 2.16. The van der Waals surface area contributed by atoms with Gasteiger partial charge in [-0.25, -0.2) is 8.42 Å². The molecule has 1 aliphatic carbocycles. The van der Waals surface area contributed by atoms with Crippen molar-refractivity contribution in [1.29, 1.82) is 0 Å². The molecule has 0 aromatic heterocycles. The Kier molecular flexibility index (Phi) is 4.50. The van der Waals surface area contributed by atoms with Gasteiger partial charge in [-0.05, 0) is 37.3 Å². The summed E-state index contributed by atoms with van der Waals surface area (Å²) in [5.41, 5.74) is 2.38. The highest BCUT2D eigenvalue weighted by Gasteiger charge is 2.34. The molecule has 1 aromatic rings. The van der Waals surface area contributed by atoms with Crippen LogP contribution >= 0.6 is 0 Å². The number of anilines is 1. The number of hydrogen-bond acceptors (Lipinski definition) is 3. The van der Waals surface area contributed by atoms with Gasteiger partial charge in [0.1, 0.15) is 0 Å². The maximum Gasteiger partial charge on any atom is 0.152 e. The molecule has 1 N–H and O–H groups in total. The highest BCUT2D eigenvalue weighted by Crippen LogP contribution is 2.29. The van der Waals surface area contributed by atoms with E-state index in [9.17, 15) is 8.42 Å². The lowest BCUT2D eigenvalue weighted by atomic mass is 10.1. The zero-order valence-corrected chi connectivity index (χ0v) is 12.5. The predicted molar refractivity (Wildman–Crippen MR) is 80.3 cm³/mol. The largest absolute Gasteiger partial charge is 0.381 e. The monoisotopic (exact) mass is 281 g/mol. The quantitative estimate of drug-likeness (QED) is 0.902. The van der Waals surface area contributed by atoms with Gasteiger partial charge in [-0.1, -0.05) is 31.5 Å². The van der Waals surface area contributed by atoms with Crippen LogP contribution in [0.3, 0.4) is 0 Å². The number of benzene rings is 1. The molecule has 19 heavy (non-hydrogen) atoms. The zero-order valence-electron chi connectivity index (χ0n) is 11.7. The normalized spacial score (nSPS) is 23.5. The molecular weight excluding hydrogens is 258 g/mol. The van der Waals surface area contributed by atoms with Gasteiger partial charge in [0.05, 0.1) is 5.25 Å². The molecule has 0 aliphatic heterocycles. The second-order valence-electron chi connectivity index (χ2n) is 5.46. The first-order chi connectivity index (χ1) is 9.02. The average Bonchev–Trinajstić information content (AvgIpc) is 2.80. The molecule has 3 nitrogen and oxygen atoms in total. The van der Waals surface area contributed by atoms with Crippen molar-refractivity contribution in [3.05, 3.63) is 29.8 Å². The molecule has 2 unspecified atom stereocenters. The smallest absolute Gasteiger partial charge is 0.152 e. The third-order valence-electron chi connectivity index (χ3n) is 3.88. The van der Waals surface area contributed by atoms with E-state index in [0.29, 0.717) is 0 Å². The molecule has 2 atom stereocenters. The van der Waals surface area contributed by atoms with E-state index in [1.54, 1.807) is 0 Å². The van der Waals surface area contributed by atoms with Gasteiger partial charge in [0.2, 0.25) is 0 Å². The lowest BCUT2D eigenvalue weighted by molar-refractivity contribution is 0.579. The summed E-state index contributed by atoms with van der Waals surface area (Å²) in [5.74, 6) is 0. The molecule has 4 heteroatoms. The van der Waals surface area contributed by atoms with Gasteiger partial charge in [-0.15, -0.1) is 0 Å². The van der Waals surface area contributed by atoms with Crippen molar-refractivity contribution < 1.29 is 8.42 Å². The van der Waals surface area contributed by atoms with Gasteiger partial charge < -0.3 is 5.32 Å². The van der Waals surface area contributed by atoms with E-state index >= 15 is 0 Å². The van der Waals surface area contributed by atoms with Crippen molar-refractivity contribution in [2.75, 3.05) is 11.6 Å². The Morgan fingerprint density at radius 1 is 1.26 bits per heavy atom. The maximum absolute atomic E-state index is 11.8. The summed E-state index contributed by atoms with van der Waals surface area (Å²) in [6.07, 6.45) is 6.20. The van der Waals surface area contributed by atoms with Crippen LogP contribution in [0.2, 0.25) is 0 Å². The first-order valence-corrected chi connectivity index (χ1v) is 9.01. The number of aryl methyl sites for hydroxylation is 1. The van der Waals surface area contributed by atoms with Crippen LogP contribution in [-0.2, 0) is 16.3 Å². The van der Waals surface area contributed by atoms with E-state index in [2.05, 4.69) is 24.4 Å². The van der Waals surface area contributed by atoms with E-state index in [1.807, 2.05) is 12.1 Å². The summed E-state index contributed by atoms with van der Waals surface area (Å²) in [5, 5.41) is 3.24. The summed E-state index contributed by atoms with van der Waals surface area (Å²) in [4.78, 5) is 0. The van der Waals surface area contributed by atoms with Gasteiger partial charge in [-0.3, -0.25) is 0 Å². The van der Waals surface area contributed by atoms with E-state index in [1.165, 1.54) is 11.8 Å². The van der Waals surface area contributed by atoms with E-state index < -0.39 is 9.84 Å². The molecule has 0 spiro atoms. The Morgan fingerprint density at radius 2 is 2.00 bits per heavy atom. The minimum atomic E-state index is -2.96. The van der Waals surface area contributed by atoms with E-state index in [-0.39, 0.29) is 11.3 Å². The van der Waals surface area contributed by atoms with Crippen LogP contribution in [0.1, 0.15) is 38.2 Å². The van der Waals surface area contributed by atoms with Crippen LogP contribution in [0.15, 0.2) is 24.3 Å². The van der Waals surface area contributed by atoms with Gasteiger partial charge in [0.15, 0.2) is 9.84 Å². The fourth-order valence-electron chi connectivity index (χ4n) is 2.95. The van der Waals surface area contributed by atoms with E-state index in [4.69, 9.17) is 0 Å². The third kappa shape index (κ3) is 3.50. The van der Waals surface area contributed by atoms with Crippen molar-refractivity contribution >= 4 is 15.5 Å². The Bertz CT molecular complexity index is 525. The third-order valence-corrected chi connectivity index (χ3v) is 5.54. The Balaban J connectivity index is 2.17. The zero-order chi connectivity index (χ0) is 13.9. The molecule has 1 aromatic carbocycles. The number of sulfone groups is 1. The molecule has 106 valence electrons. The molecule has 0 radical (unpaired) electrons. The molecule has 1 saturated carbocycles. The lowest BCUT2D eigenvalue weighted by Gasteiger charge is -2.22. The lowest BCUT2D eigenvalue weighted by Crippen LogP contribution is -2.34. The van der Waals surface area contributed by atoms with Crippen LogP contribution in [-0.4, -0.2) is 26.0 Å². The molecule has 0 saturated heterocycles. The Morgan fingerprint density at radius 3 is 2.68 bits per heavy atom. The second kappa shape index (κ2) is 5.95. The molecule has 1 aliphatic rings. The van der Waals surface area contributed by atoms with Crippen molar-refractivity contribution in [2.24, 2.45) is 0 Å². The average molecular weight is 281 g/mol. The second-order valence-corrected chi connectivity index (χ2v) is 7.72. The molecule has 2 rings (SSSR count). The number of para-hydroxylation sites is 1. The minimum absolute atomic E-state index is 0.0630. The Hall–Kier alpha value is -1.03. The fourth-order valence-corrected chi connectivity index (χ4v) is 4.35. The number of rotatable bonds is 5. The van der Waals surface area contributed by atoms with Gasteiger partial charge in [0, 0.05) is 18.0 Å². The van der Waals surface area contributed by atoms with E-state index in [0.717, 1.165) is 37.8 Å². The van der Waals surface area contributed by atoms with Gasteiger partial charge in [0.25, 0.3) is 0 Å². The molecule has 0 bridgehead atoms. The number of nitrogens with one attached hydrogen (secondary N) is 1. The number of hydrogen-bond donors (Lipinski definition) is 1. The predicted octanol–water partition coefficient (Wildman–Crippen LogP) is 3.02. The highest BCUT2D eigenvalue weighted by molar-refractivity contribution is 7.91. The van der Waals surface area contributed by atoms with Crippen LogP contribution in [0.25, 0.3) is 0 Å². The van der Waals surface area contributed by atoms with Crippen LogP contribution in [0.4, 0.5) is 5.69 Å². The van der Waals surface area contributed by atoms with Crippen molar-refractivity contribution in [3.8, 4) is 0 Å². The minimum Gasteiger partial charge on any atom is -0.381 e.